The third-order valence-electron chi connectivity index (χ3n) is 1.59. The average molecular weight is 170 g/mol. The summed E-state index contributed by atoms with van der Waals surface area (Å²) < 4.78 is 1.48. The molecular weight excluding hydrogens is 159 g/mol. The second-order valence-electron chi connectivity index (χ2n) is 2.53. The highest BCUT2D eigenvalue weighted by molar-refractivity contribution is 6.59. The van der Waals surface area contributed by atoms with Crippen LogP contribution in [0.15, 0.2) is 6.20 Å². The molecule has 6 heteroatoms. The van der Waals surface area contributed by atoms with Crippen LogP contribution in [0.5, 0.6) is 0 Å². The zero-order chi connectivity index (χ0) is 9.14. The van der Waals surface area contributed by atoms with Crippen molar-refractivity contribution in [1.82, 2.24) is 9.78 Å². The molecule has 1 rings (SSSR count). The number of aliphatic hydroxyl groups excluding tert-OH is 1. The molecule has 0 aromatic carbocycles. The van der Waals surface area contributed by atoms with Crippen molar-refractivity contribution in [1.29, 1.82) is 0 Å². The molecule has 0 aliphatic rings. The van der Waals surface area contributed by atoms with Gasteiger partial charge in [-0.15, -0.1) is 0 Å². The smallest absolute Gasteiger partial charge is 0.423 e. The summed E-state index contributed by atoms with van der Waals surface area (Å²) >= 11 is 0. The van der Waals surface area contributed by atoms with Crippen LogP contribution in [0.2, 0.25) is 0 Å². The van der Waals surface area contributed by atoms with Gasteiger partial charge in [0, 0.05) is 11.7 Å². The van der Waals surface area contributed by atoms with Crippen molar-refractivity contribution in [2.24, 2.45) is 0 Å². The van der Waals surface area contributed by atoms with Gasteiger partial charge in [-0.3, -0.25) is 4.68 Å². The topological polar surface area (TPSA) is 78.5 Å². The Bertz CT molecular complexity index is 261. The fourth-order valence-corrected chi connectivity index (χ4v) is 1.00. The lowest BCUT2D eigenvalue weighted by Gasteiger charge is -1.94. The first-order valence-corrected chi connectivity index (χ1v) is 3.66. The van der Waals surface area contributed by atoms with Gasteiger partial charge in [0.2, 0.25) is 0 Å². The lowest BCUT2D eigenvalue weighted by molar-refractivity contribution is 0.269. The maximum Gasteiger partial charge on any atom is 0.491 e. The van der Waals surface area contributed by atoms with Crippen LogP contribution in [-0.4, -0.2) is 38.7 Å². The second kappa shape index (κ2) is 3.71. The highest BCUT2D eigenvalue weighted by Crippen LogP contribution is 1.91. The van der Waals surface area contributed by atoms with Crippen LogP contribution in [-0.2, 0) is 6.54 Å². The highest BCUT2D eigenvalue weighted by Gasteiger charge is 2.16. The van der Waals surface area contributed by atoms with E-state index in [1.807, 2.05) is 0 Å². The predicted octanol–water partition coefficient (Wildman–Crippen LogP) is -2.14. The van der Waals surface area contributed by atoms with E-state index < -0.39 is 7.12 Å². The van der Waals surface area contributed by atoms with Crippen LogP contribution >= 0.6 is 0 Å². The Balaban J connectivity index is 2.85. The molecule has 5 nitrogen and oxygen atoms in total. The normalized spacial score (nSPS) is 10.3. The van der Waals surface area contributed by atoms with Crippen molar-refractivity contribution >= 4 is 12.6 Å². The zero-order valence-electron chi connectivity index (χ0n) is 6.80. The minimum atomic E-state index is -1.49. The molecule has 0 spiro atoms. The quantitative estimate of drug-likeness (QED) is 0.452. The molecule has 0 radical (unpaired) electrons. The second-order valence-corrected chi connectivity index (χ2v) is 2.53. The number of aromatic nitrogens is 2. The Morgan fingerprint density at radius 3 is 2.67 bits per heavy atom. The average Bonchev–Trinajstić information content (AvgIpc) is 2.32. The molecule has 12 heavy (non-hydrogen) atoms. The van der Waals surface area contributed by atoms with E-state index in [1.165, 1.54) is 10.9 Å². The first-order chi connectivity index (χ1) is 5.65. The monoisotopic (exact) mass is 170 g/mol. The Morgan fingerprint density at radius 1 is 1.58 bits per heavy atom. The molecule has 66 valence electrons. The van der Waals surface area contributed by atoms with Crippen LogP contribution < -0.4 is 5.46 Å². The van der Waals surface area contributed by atoms with Gasteiger partial charge in [0.25, 0.3) is 0 Å². The van der Waals surface area contributed by atoms with Gasteiger partial charge in [0.1, 0.15) is 0 Å². The molecule has 0 fully saturated rings. The summed E-state index contributed by atoms with van der Waals surface area (Å²) in [5.41, 5.74) is 0.946. The number of aryl methyl sites for hydroxylation is 1. The summed E-state index contributed by atoms with van der Waals surface area (Å²) in [6.45, 7) is 2.04. The van der Waals surface area contributed by atoms with Gasteiger partial charge < -0.3 is 15.2 Å². The van der Waals surface area contributed by atoms with E-state index in [0.29, 0.717) is 17.7 Å². The molecule has 0 bridgehead atoms. The van der Waals surface area contributed by atoms with Gasteiger partial charge >= 0.3 is 7.12 Å². The third kappa shape index (κ3) is 1.85. The van der Waals surface area contributed by atoms with Crippen molar-refractivity contribution in [3.8, 4) is 0 Å². The molecule has 0 unspecified atom stereocenters. The number of hydrogen-bond donors (Lipinski definition) is 3. The first kappa shape index (κ1) is 9.24. The number of rotatable bonds is 3. The highest BCUT2D eigenvalue weighted by atomic mass is 16.4. The van der Waals surface area contributed by atoms with Crippen LogP contribution in [0.25, 0.3) is 0 Å². The Hall–Kier alpha value is -0.845. The predicted molar refractivity (Wildman–Crippen MR) is 43.9 cm³/mol. The number of nitrogens with zero attached hydrogens (tertiary/aromatic N) is 2. The summed E-state index contributed by atoms with van der Waals surface area (Å²) in [6.07, 6.45) is 1.51. The van der Waals surface area contributed by atoms with Crippen molar-refractivity contribution in [2.75, 3.05) is 6.61 Å². The van der Waals surface area contributed by atoms with Crippen LogP contribution in [0, 0.1) is 6.92 Å². The van der Waals surface area contributed by atoms with E-state index in [4.69, 9.17) is 15.2 Å². The van der Waals surface area contributed by atoms with Crippen LogP contribution in [0.4, 0.5) is 0 Å². The molecule has 0 aliphatic carbocycles. The largest absolute Gasteiger partial charge is 0.491 e. The van der Waals surface area contributed by atoms with Crippen molar-refractivity contribution < 1.29 is 15.2 Å². The standard InChI is InChI=1S/C6H11BN2O3/c1-5-6(7(11)12)4-9(8-5)2-3-10/h4,10-12H,2-3H2,1H3. The van der Waals surface area contributed by atoms with Gasteiger partial charge in [-0.1, -0.05) is 0 Å². The van der Waals surface area contributed by atoms with Gasteiger partial charge in [-0.05, 0) is 6.92 Å². The molecular formula is C6H11BN2O3. The summed E-state index contributed by atoms with van der Waals surface area (Å²) in [5, 5.41) is 30.2. The van der Waals surface area contributed by atoms with Gasteiger partial charge in [0.05, 0.1) is 18.8 Å². The van der Waals surface area contributed by atoms with E-state index >= 15 is 0 Å². The molecule has 1 aromatic heterocycles. The molecule has 0 amide bonds. The molecule has 0 saturated heterocycles. The summed E-state index contributed by atoms with van der Waals surface area (Å²) in [6, 6.07) is 0. The summed E-state index contributed by atoms with van der Waals surface area (Å²) in [5.74, 6) is 0. The Labute approximate surface area is 70.4 Å². The maximum atomic E-state index is 8.83. The maximum absolute atomic E-state index is 8.83. The van der Waals surface area contributed by atoms with Crippen LogP contribution in [0.1, 0.15) is 5.69 Å². The van der Waals surface area contributed by atoms with Gasteiger partial charge in [-0.25, -0.2) is 0 Å². The van der Waals surface area contributed by atoms with Crippen LogP contribution in [0.3, 0.4) is 0 Å². The van der Waals surface area contributed by atoms with E-state index in [1.54, 1.807) is 6.92 Å². The number of aliphatic hydroxyl groups is 1. The molecule has 3 N–H and O–H groups in total. The Morgan fingerprint density at radius 2 is 2.25 bits per heavy atom. The third-order valence-corrected chi connectivity index (χ3v) is 1.59. The minimum Gasteiger partial charge on any atom is -0.423 e. The molecule has 0 aliphatic heterocycles. The van der Waals surface area contributed by atoms with E-state index in [-0.39, 0.29) is 6.61 Å². The van der Waals surface area contributed by atoms with Crippen molar-refractivity contribution in [3.63, 3.8) is 0 Å². The van der Waals surface area contributed by atoms with Crippen molar-refractivity contribution in [2.45, 2.75) is 13.5 Å². The minimum absolute atomic E-state index is 0.0118. The van der Waals surface area contributed by atoms with Gasteiger partial charge in [-0.2, -0.15) is 5.10 Å². The van der Waals surface area contributed by atoms with E-state index in [0.717, 1.165) is 0 Å². The lowest BCUT2D eigenvalue weighted by Crippen LogP contribution is -2.30. The zero-order valence-corrected chi connectivity index (χ0v) is 6.80. The molecule has 1 heterocycles. The number of hydrogen-bond acceptors (Lipinski definition) is 4. The molecule has 0 atom stereocenters. The first-order valence-electron chi connectivity index (χ1n) is 3.66. The Kier molecular flexibility index (Phi) is 2.85. The fraction of sp³-hybridized carbons (Fsp3) is 0.500. The summed E-state index contributed by atoms with van der Waals surface area (Å²) in [7, 11) is -1.49. The summed E-state index contributed by atoms with van der Waals surface area (Å²) in [4.78, 5) is 0. The fourth-order valence-electron chi connectivity index (χ4n) is 1.00. The molecule has 1 aromatic rings. The van der Waals surface area contributed by atoms with E-state index in [9.17, 15) is 0 Å². The lowest BCUT2D eigenvalue weighted by atomic mass is 9.81. The van der Waals surface area contributed by atoms with Gasteiger partial charge in [0.15, 0.2) is 0 Å². The molecule has 0 saturated carbocycles. The van der Waals surface area contributed by atoms with E-state index in [2.05, 4.69) is 5.10 Å². The SMILES string of the molecule is Cc1nn(CCO)cc1B(O)O. The van der Waals surface area contributed by atoms with Crippen molar-refractivity contribution in [3.05, 3.63) is 11.9 Å².